The van der Waals surface area contributed by atoms with Crippen LogP contribution in [-0.2, 0) is 11.8 Å². The maximum Gasteiger partial charge on any atom is 0.135 e. The fourth-order valence-corrected chi connectivity index (χ4v) is 6.88. The van der Waals surface area contributed by atoms with Gasteiger partial charge in [0, 0.05) is 27.8 Å². The lowest BCUT2D eigenvalue weighted by molar-refractivity contribution is 0.496. The van der Waals surface area contributed by atoms with Crippen LogP contribution in [0.4, 0.5) is 0 Å². The van der Waals surface area contributed by atoms with E-state index in [2.05, 4.69) is 116 Å². The van der Waals surface area contributed by atoms with Crippen LogP contribution >= 0.6 is 11.3 Å². The number of hydrogen-bond donors (Lipinski definition) is 0. The first kappa shape index (κ1) is 25.8. The second-order valence-electron chi connectivity index (χ2n) is 12.5. The third-order valence-corrected chi connectivity index (χ3v) is 9.25. The molecule has 0 saturated heterocycles. The number of benzene rings is 3. The predicted molar refractivity (Wildman–Crippen MR) is 169 cm³/mol. The van der Waals surface area contributed by atoms with Gasteiger partial charge in [-0.3, -0.25) is 0 Å². The minimum atomic E-state index is 0.0211. The third-order valence-electron chi connectivity index (χ3n) is 8.02. The molecule has 198 valence electrons. The molecule has 0 radical (unpaired) electrons. The summed E-state index contributed by atoms with van der Waals surface area (Å²) >= 11 is 1.84. The van der Waals surface area contributed by atoms with Gasteiger partial charge in [0.2, 0.25) is 0 Å². The van der Waals surface area contributed by atoms with Gasteiger partial charge < -0.3 is 4.42 Å². The van der Waals surface area contributed by atoms with Crippen molar-refractivity contribution >= 4 is 43.3 Å². The Hall–Kier alpha value is -3.43. The summed E-state index contributed by atoms with van der Waals surface area (Å²) in [7, 11) is 0. The molecule has 2 nitrogen and oxygen atoms in total. The Kier molecular flexibility index (Phi) is 6.19. The van der Waals surface area contributed by atoms with Crippen LogP contribution in [0, 0.1) is 26.7 Å². The average Bonchev–Trinajstić information content (AvgIpc) is 3.36. The fraction of sp³-hybridized carbons (Fsp3) is 0.306. The standard InChI is InChI=1S/C36H37NOS/c1-20(2)15-32-22(4)27-14-13-25(18-33(27)38-32)29-19-31(37-34-21(3)23(5)39-35(29)34)26-16-24-11-9-10-12-28(24)30(17-26)36(6,7)8/h9-14,16-20H,15H2,1-8H3. The molecular formula is C36H37NOS. The topological polar surface area (TPSA) is 26.0 Å². The van der Waals surface area contributed by atoms with Crippen LogP contribution in [0.15, 0.2) is 65.1 Å². The van der Waals surface area contributed by atoms with Crippen molar-refractivity contribution in [3.05, 3.63) is 88.0 Å². The Bertz CT molecular complexity index is 1880. The molecule has 39 heavy (non-hydrogen) atoms. The first-order chi connectivity index (χ1) is 18.5. The van der Waals surface area contributed by atoms with Gasteiger partial charge in [0.1, 0.15) is 11.3 Å². The minimum Gasteiger partial charge on any atom is -0.461 e. The number of aryl methyl sites for hydroxylation is 3. The lowest BCUT2D eigenvalue weighted by Crippen LogP contribution is -2.12. The van der Waals surface area contributed by atoms with E-state index in [1.54, 1.807) is 0 Å². The molecule has 3 heterocycles. The van der Waals surface area contributed by atoms with Gasteiger partial charge in [-0.1, -0.05) is 71.0 Å². The Morgan fingerprint density at radius 1 is 0.846 bits per heavy atom. The number of fused-ring (bicyclic) bond motifs is 3. The molecule has 0 fully saturated rings. The monoisotopic (exact) mass is 531 g/mol. The van der Waals surface area contributed by atoms with Crippen molar-refractivity contribution in [1.82, 2.24) is 4.98 Å². The highest BCUT2D eigenvalue weighted by atomic mass is 32.1. The molecule has 0 aliphatic heterocycles. The summed E-state index contributed by atoms with van der Waals surface area (Å²) in [5.41, 5.74) is 10.6. The summed E-state index contributed by atoms with van der Waals surface area (Å²) in [4.78, 5) is 6.60. The zero-order chi connectivity index (χ0) is 27.6. The highest BCUT2D eigenvalue weighted by molar-refractivity contribution is 7.19. The first-order valence-electron chi connectivity index (χ1n) is 14.0. The van der Waals surface area contributed by atoms with Crippen molar-refractivity contribution in [1.29, 1.82) is 0 Å². The van der Waals surface area contributed by atoms with E-state index in [0.29, 0.717) is 5.92 Å². The SMILES string of the molecule is Cc1sc2c(-c3ccc4c(C)c(CC(C)C)oc4c3)cc(-c3cc(C(C)(C)C)c4ccccc4c3)nc2c1C. The van der Waals surface area contributed by atoms with Crippen LogP contribution < -0.4 is 0 Å². The van der Waals surface area contributed by atoms with E-state index in [1.165, 1.54) is 59.1 Å². The van der Waals surface area contributed by atoms with Gasteiger partial charge in [0.15, 0.2) is 0 Å². The zero-order valence-electron chi connectivity index (χ0n) is 24.3. The van der Waals surface area contributed by atoms with Crippen LogP contribution in [-0.4, -0.2) is 4.98 Å². The highest BCUT2D eigenvalue weighted by Crippen LogP contribution is 2.42. The molecule has 0 bridgehead atoms. The van der Waals surface area contributed by atoms with Gasteiger partial charge in [-0.05, 0) is 89.4 Å². The van der Waals surface area contributed by atoms with E-state index in [9.17, 15) is 0 Å². The van der Waals surface area contributed by atoms with Crippen molar-refractivity contribution in [2.75, 3.05) is 0 Å². The van der Waals surface area contributed by atoms with Crippen LogP contribution in [0.3, 0.4) is 0 Å². The van der Waals surface area contributed by atoms with Crippen molar-refractivity contribution in [2.45, 2.75) is 67.2 Å². The number of thiophene rings is 1. The van der Waals surface area contributed by atoms with Gasteiger partial charge in [0.25, 0.3) is 0 Å². The minimum absolute atomic E-state index is 0.0211. The van der Waals surface area contributed by atoms with Gasteiger partial charge >= 0.3 is 0 Å². The largest absolute Gasteiger partial charge is 0.461 e. The number of nitrogens with zero attached hydrogens (tertiary/aromatic N) is 1. The van der Waals surface area contributed by atoms with Crippen molar-refractivity contribution < 1.29 is 4.42 Å². The molecule has 6 rings (SSSR count). The molecule has 0 spiro atoms. The lowest BCUT2D eigenvalue weighted by Gasteiger charge is -2.23. The predicted octanol–water partition coefficient (Wildman–Crippen LogP) is 11.0. The van der Waals surface area contributed by atoms with Crippen LogP contribution in [0.5, 0.6) is 0 Å². The average molecular weight is 532 g/mol. The number of aromatic nitrogens is 1. The molecule has 0 saturated carbocycles. The van der Waals surface area contributed by atoms with Crippen LogP contribution in [0.2, 0.25) is 0 Å². The molecular weight excluding hydrogens is 494 g/mol. The highest BCUT2D eigenvalue weighted by Gasteiger charge is 2.21. The van der Waals surface area contributed by atoms with E-state index >= 15 is 0 Å². The number of hydrogen-bond acceptors (Lipinski definition) is 3. The Balaban J connectivity index is 1.60. The number of pyridine rings is 1. The smallest absolute Gasteiger partial charge is 0.135 e. The van der Waals surface area contributed by atoms with Crippen LogP contribution in [0.1, 0.15) is 61.9 Å². The molecule has 3 aromatic carbocycles. The molecule has 0 atom stereocenters. The molecule has 3 heteroatoms. The van der Waals surface area contributed by atoms with Gasteiger partial charge in [0.05, 0.1) is 15.9 Å². The van der Waals surface area contributed by atoms with Gasteiger partial charge in [-0.15, -0.1) is 11.3 Å². The maximum atomic E-state index is 6.42. The van der Waals surface area contributed by atoms with E-state index in [-0.39, 0.29) is 5.41 Å². The third kappa shape index (κ3) is 4.47. The molecule has 0 aliphatic carbocycles. The Morgan fingerprint density at radius 2 is 1.62 bits per heavy atom. The molecule has 0 amide bonds. The fourth-order valence-electron chi connectivity index (χ4n) is 5.74. The Morgan fingerprint density at radius 3 is 2.36 bits per heavy atom. The van der Waals surface area contributed by atoms with Crippen LogP contribution in [0.25, 0.3) is 54.3 Å². The Labute approximate surface area is 235 Å². The summed E-state index contributed by atoms with van der Waals surface area (Å²) in [6, 6.07) is 22.4. The summed E-state index contributed by atoms with van der Waals surface area (Å²) < 4.78 is 7.66. The maximum absolute atomic E-state index is 6.42. The molecule has 0 N–H and O–H groups in total. The van der Waals surface area contributed by atoms with E-state index in [4.69, 9.17) is 9.40 Å². The number of rotatable bonds is 4. The molecule has 3 aromatic heterocycles. The molecule has 0 unspecified atom stereocenters. The summed E-state index contributed by atoms with van der Waals surface area (Å²) in [6.45, 7) is 18.0. The first-order valence-corrected chi connectivity index (χ1v) is 14.8. The van der Waals surface area contributed by atoms with E-state index in [0.717, 1.165) is 29.0 Å². The summed E-state index contributed by atoms with van der Waals surface area (Å²) in [6.07, 6.45) is 0.959. The molecule has 0 aliphatic rings. The quantitative estimate of drug-likeness (QED) is 0.226. The second kappa shape index (κ2) is 9.34. The molecule has 6 aromatic rings. The zero-order valence-corrected chi connectivity index (χ0v) is 25.1. The van der Waals surface area contributed by atoms with E-state index in [1.807, 2.05) is 11.3 Å². The van der Waals surface area contributed by atoms with Crippen molar-refractivity contribution in [2.24, 2.45) is 5.92 Å². The summed E-state index contributed by atoms with van der Waals surface area (Å²) in [5, 5.41) is 3.78. The normalized spacial score (nSPS) is 12.4. The summed E-state index contributed by atoms with van der Waals surface area (Å²) in [5.74, 6) is 1.66. The van der Waals surface area contributed by atoms with Gasteiger partial charge in [-0.2, -0.15) is 0 Å². The van der Waals surface area contributed by atoms with Crippen molar-refractivity contribution in [3.8, 4) is 22.4 Å². The van der Waals surface area contributed by atoms with Gasteiger partial charge in [-0.25, -0.2) is 4.98 Å². The second-order valence-corrected chi connectivity index (χ2v) is 13.7. The lowest BCUT2D eigenvalue weighted by atomic mass is 9.82. The van der Waals surface area contributed by atoms with Crippen molar-refractivity contribution in [3.63, 3.8) is 0 Å². The number of furan rings is 1. The van der Waals surface area contributed by atoms with E-state index < -0.39 is 0 Å².